The smallest absolute Gasteiger partial charge is 0.198 e. The lowest BCUT2D eigenvalue weighted by atomic mass is 10.1. The molecular weight excluding hydrogens is 359 g/mol. The summed E-state index contributed by atoms with van der Waals surface area (Å²) >= 11 is 12.4. The molecule has 132 valence electrons. The van der Waals surface area contributed by atoms with Gasteiger partial charge in [0, 0.05) is 18.0 Å². The minimum Gasteiger partial charge on any atom is -0.492 e. The predicted octanol–water partition coefficient (Wildman–Crippen LogP) is 4.71. The predicted molar refractivity (Wildman–Crippen MR) is 105 cm³/mol. The molecule has 0 spiro atoms. The van der Waals surface area contributed by atoms with Gasteiger partial charge in [0.15, 0.2) is 5.43 Å². The third kappa shape index (κ3) is 3.61. The summed E-state index contributed by atoms with van der Waals surface area (Å²) in [5.74, 6) is 0.716. The van der Waals surface area contributed by atoms with E-state index in [2.05, 4.69) is 23.7 Å². The highest BCUT2D eigenvalue weighted by Gasteiger charge is 2.12. The Labute approximate surface area is 156 Å². The molecule has 0 unspecified atom stereocenters. The van der Waals surface area contributed by atoms with Crippen molar-refractivity contribution >= 4 is 45.0 Å². The van der Waals surface area contributed by atoms with Crippen molar-refractivity contribution in [2.75, 3.05) is 26.2 Å². The number of aromatic nitrogens is 1. The van der Waals surface area contributed by atoms with Gasteiger partial charge in [-0.2, -0.15) is 0 Å². The van der Waals surface area contributed by atoms with Crippen LogP contribution >= 0.6 is 23.2 Å². The van der Waals surface area contributed by atoms with E-state index < -0.39 is 0 Å². The lowest BCUT2D eigenvalue weighted by Crippen LogP contribution is -2.27. The molecule has 0 atom stereocenters. The molecule has 0 bridgehead atoms. The summed E-state index contributed by atoms with van der Waals surface area (Å²) in [6.45, 7) is 7.71. The number of hydrogen-bond acceptors (Lipinski definition) is 3. The van der Waals surface area contributed by atoms with E-state index in [-0.39, 0.29) is 5.43 Å². The number of likely N-dealkylation sites (N-methyl/N-ethyl adjacent to an activating group) is 1. The number of benzene rings is 2. The fourth-order valence-electron chi connectivity index (χ4n) is 2.91. The molecule has 1 heterocycles. The van der Waals surface area contributed by atoms with Gasteiger partial charge in [-0.25, -0.2) is 0 Å². The molecule has 2 aromatic carbocycles. The van der Waals surface area contributed by atoms with Crippen LogP contribution in [0.15, 0.2) is 35.1 Å². The highest BCUT2D eigenvalue weighted by atomic mass is 35.5. The molecule has 6 heteroatoms. The average Bonchev–Trinajstić information content (AvgIpc) is 2.62. The topological polar surface area (TPSA) is 45.3 Å². The number of nitrogens with one attached hydrogen (secondary N) is 1. The lowest BCUT2D eigenvalue weighted by Gasteiger charge is -2.18. The summed E-state index contributed by atoms with van der Waals surface area (Å²) < 4.78 is 5.83. The fourth-order valence-corrected chi connectivity index (χ4v) is 3.36. The lowest BCUT2D eigenvalue weighted by molar-refractivity contribution is 0.223. The minimum absolute atomic E-state index is 0.133. The van der Waals surface area contributed by atoms with Gasteiger partial charge < -0.3 is 14.6 Å². The molecule has 3 rings (SSSR count). The van der Waals surface area contributed by atoms with Gasteiger partial charge in [0.1, 0.15) is 12.4 Å². The first-order valence-corrected chi connectivity index (χ1v) is 9.09. The van der Waals surface area contributed by atoms with Crippen LogP contribution in [0.5, 0.6) is 5.75 Å². The Morgan fingerprint density at radius 2 is 1.80 bits per heavy atom. The molecule has 3 aromatic rings. The van der Waals surface area contributed by atoms with Crippen LogP contribution in [-0.4, -0.2) is 36.1 Å². The van der Waals surface area contributed by atoms with Crippen LogP contribution in [0.25, 0.3) is 21.8 Å². The number of fused-ring (bicyclic) bond motifs is 2. The summed E-state index contributed by atoms with van der Waals surface area (Å²) in [5, 5.41) is 1.83. The minimum atomic E-state index is -0.133. The van der Waals surface area contributed by atoms with Crippen molar-refractivity contribution in [2.24, 2.45) is 0 Å². The second-order valence-electron chi connectivity index (χ2n) is 5.82. The second kappa shape index (κ2) is 7.65. The average molecular weight is 379 g/mol. The Morgan fingerprint density at radius 3 is 2.52 bits per heavy atom. The fraction of sp³-hybridized carbons (Fsp3) is 0.316. The van der Waals surface area contributed by atoms with Crippen LogP contribution in [0.2, 0.25) is 10.0 Å². The molecular formula is C19H20Cl2N2O2. The van der Waals surface area contributed by atoms with Gasteiger partial charge in [0.05, 0.1) is 26.5 Å². The van der Waals surface area contributed by atoms with E-state index in [1.807, 2.05) is 12.1 Å². The van der Waals surface area contributed by atoms with Gasteiger partial charge in [-0.3, -0.25) is 4.79 Å². The Morgan fingerprint density at radius 1 is 1.08 bits per heavy atom. The maximum absolute atomic E-state index is 12.7. The number of hydrogen-bond donors (Lipinski definition) is 1. The third-order valence-electron chi connectivity index (χ3n) is 4.40. The zero-order valence-electron chi connectivity index (χ0n) is 14.2. The van der Waals surface area contributed by atoms with Crippen molar-refractivity contribution in [1.29, 1.82) is 0 Å². The number of H-pyrrole nitrogens is 1. The first-order valence-electron chi connectivity index (χ1n) is 8.34. The second-order valence-corrected chi connectivity index (χ2v) is 6.63. The molecule has 0 aliphatic rings. The Balaban J connectivity index is 1.96. The SMILES string of the molecule is CCN(CC)CCOc1ccc2c(=O)c3c(Cl)ccc(Cl)c3[nH]c2c1. The van der Waals surface area contributed by atoms with Crippen LogP contribution in [0.3, 0.4) is 0 Å². The molecule has 0 radical (unpaired) electrons. The van der Waals surface area contributed by atoms with Crippen LogP contribution in [0.4, 0.5) is 0 Å². The van der Waals surface area contributed by atoms with E-state index in [4.69, 9.17) is 27.9 Å². The number of aromatic amines is 1. The zero-order chi connectivity index (χ0) is 18.0. The number of ether oxygens (including phenoxy) is 1. The monoisotopic (exact) mass is 378 g/mol. The first-order chi connectivity index (χ1) is 12.0. The van der Waals surface area contributed by atoms with E-state index in [0.29, 0.717) is 44.2 Å². The Bertz CT molecular complexity index is 965. The molecule has 0 aliphatic carbocycles. The van der Waals surface area contributed by atoms with Gasteiger partial charge in [-0.1, -0.05) is 37.0 Å². The van der Waals surface area contributed by atoms with Crippen molar-refractivity contribution in [3.8, 4) is 5.75 Å². The Kier molecular flexibility index (Phi) is 5.52. The van der Waals surface area contributed by atoms with E-state index in [0.717, 1.165) is 19.6 Å². The molecule has 0 saturated heterocycles. The van der Waals surface area contributed by atoms with Crippen molar-refractivity contribution in [3.05, 3.63) is 50.6 Å². The van der Waals surface area contributed by atoms with Gasteiger partial charge >= 0.3 is 0 Å². The van der Waals surface area contributed by atoms with E-state index in [1.165, 1.54) is 0 Å². The summed E-state index contributed by atoms with van der Waals surface area (Å²) in [6.07, 6.45) is 0. The number of nitrogens with zero attached hydrogens (tertiary/aromatic N) is 1. The van der Waals surface area contributed by atoms with Crippen molar-refractivity contribution in [3.63, 3.8) is 0 Å². The van der Waals surface area contributed by atoms with Gasteiger partial charge in [-0.15, -0.1) is 0 Å². The molecule has 0 fully saturated rings. The maximum Gasteiger partial charge on any atom is 0.198 e. The first kappa shape index (κ1) is 18.1. The van der Waals surface area contributed by atoms with Crippen LogP contribution in [0, 0.1) is 0 Å². The summed E-state index contributed by atoms with van der Waals surface area (Å²) in [7, 11) is 0. The number of rotatable bonds is 6. The molecule has 0 saturated carbocycles. The molecule has 0 aliphatic heterocycles. The standard InChI is InChI=1S/C19H20Cl2N2O2/c1-3-23(4-2)9-10-25-12-5-6-13-16(11-12)22-18-15(21)8-7-14(20)17(18)19(13)24/h5-8,11H,3-4,9-10H2,1-2H3,(H,22,24). The normalized spacial score (nSPS) is 11.6. The quantitative estimate of drug-likeness (QED) is 0.631. The molecule has 4 nitrogen and oxygen atoms in total. The number of pyridine rings is 1. The highest BCUT2D eigenvalue weighted by Crippen LogP contribution is 2.28. The van der Waals surface area contributed by atoms with Gasteiger partial charge in [0.25, 0.3) is 0 Å². The summed E-state index contributed by atoms with van der Waals surface area (Å²) in [4.78, 5) is 18.2. The third-order valence-corrected chi connectivity index (χ3v) is 5.03. The maximum atomic E-state index is 12.7. The van der Waals surface area contributed by atoms with E-state index >= 15 is 0 Å². The van der Waals surface area contributed by atoms with E-state index in [9.17, 15) is 4.79 Å². The molecule has 1 aromatic heterocycles. The van der Waals surface area contributed by atoms with E-state index in [1.54, 1.807) is 18.2 Å². The summed E-state index contributed by atoms with van der Waals surface area (Å²) in [6, 6.07) is 8.72. The van der Waals surface area contributed by atoms with Gasteiger partial charge in [-0.05, 0) is 37.4 Å². The van der Waals surface area contributed by atoms with Gasteiger partial charge in [0.2, 0.25) is 0 Å². The number of halogens is 2. The molecule has 25 heavy (non-hydrogen) atoms. The van der Waals surface area contributed by atoms with Crippen molar-refractivity contribution in [1.82, 2.24) is 9.88 Å². The Hall–Kier alpha value is -1.75. The van der Waals surface area contributed by atoms with Crippen molar-refractivity contribution < 1.29 is 4.74 Å². The van der Waals surface area contributed by atoms with Crippen LogP contribution in [0.1, 0.15) is 13.8 Å². The van der Waals surface area contributed by atoms with Crippen molar-refractivity contribution in [2.45, 2.75) is 13.8 Å². The van der Waals surface area contributed by atoms with Crippen LogP contribution < -0.4 is 10.2 Å². The zero-order valence-corrected chi connectivity index (χ0v) is 15.7. The van der Waals surface area contributed by atoms with Crippen LogP contribution in [-0.2, 0) is 0 Å². The molecule has 0 amide bonds. The summed E-state index contributed by atoms with van der Waals surface area (Å²) in [5.41, 5.74) is 1.10. The largest absolute Gasteiger partial charge is 0.492 e. The highest BCUT2D eigenvalue weighted by molar-refractivity contribution is 6.40. The molecule has 1 N–H and O–H groups in total.